The maximum Gasteiger partial charge on any atom is 0.240 e. The average molecular weight is 416 g/mol. The van der Waals surface area contributed by atoms with Gasteiger partial charge >= 0.3 is 0 Å². The molecule has 0 fully saturated rings. The summed E-state index contributed by atoms with van der Waals surface area (Å²) < 4.78 is 25.8. The van der Waals surface area contributed by atoms with E-state index in [1.165, 1.54) is 6.07 Å². The van der Waals surface area contributed by atoms with Gasteiger partial charge in [-0.25, -0.2) is 18.2 Å². The summed E-state index contributed by atoms with van der Waals surface area (Å²) in [5.74, 6) is 0. The van der Waals surface area contributed by atoms with Crippen LogP contribution in [0.3, 0.4) is 0 Å². The van der Waals surface area contributed by atoms with Gasteiger partial charge < -0.3 is 0 Å². The molecule has 2 N–H and O–H groups in total. The summed E-state index contributed by atoms with van der Waals surface area (Å²) in [6.07, 6.45) is 0. The predicted molar refractivity (Wildman–Crippen MR) is 109 cm³/mol. The molecule has 0 atom stereocenters. The van der Waals surface area contributed by atoms with Gasteiger partial charge in [-0.1, -0.05) is 35.9 Å². The third-order valence-corrected chi connectivity index (χ3v) is 5.96. The van der Waals surface area contributed by atoms with Crippen LogP contribution in [0.2, 0.25) is 5.02 Å². The van der Waals surface area contributed by atoms with E-state index in [0.29, 0.717) is 10.7 Å². The van der Waals surface area contributed by atoms with Crippen LogP contribution < -0.4 is 5.14 Å². The number of primary sulfonamides is 1. The quantitative estimate of drug-likeness (QED) is 0.530. The molecule has 27 heavy (non-hydrogen) atoms. The number of aromatic nitrogens is 2. The van der Waals surface area contributed by atoms with Crippen molar-refractivity contribution in [2.45, 2.75) is 4.90 Å². The summed E-state index contributed by atoms with van der Waals surface area (Å²) in [5.41, 5.74) is 3.69. The molecule has 0 aliphatic heterocycles. The van der Waals surface area contributed by atoms with Crippen LogP contribution in [0.5, 0.6) is 0 Å². The van der Waals surface area contributed by atoms with E-state index in [1.807, 2.05) is 35.0 Å². The number of para-hydroxylation sites is 1. The van der Waals surface area contributed by atoms with Crippen LogP contribution in [0, 0.1) is 0 Å². The van der Waals surface area contributed by atoms with Crippen molar-refractivity contribution >= 4 is 33.0 Å². The molecule has 2 aromatic carbocycles. The Bertz CT molecular complexity index is 1200. The van der Waals surface area contributed by atoms with Gasteiger partial charge in [0.25, 0.3) is 0 Å². The lowest BCUT2D eigenvalue weighted by atomic mass is 10.1. The normalized spacial score (nSPS) is 11.6. The molecule has 0 aliphatic rings. The Morgan fingerprint density at radius 1 is 1.00 bits per heavy atom. The Kier molecular flexibility index (Phi) is 4.61. The molecule has 4 aromatic rings. The van der Waals surface area contributed by atoms with Gasteiger partial charge in [0.05, 0.1) is 17.1 Å². The zero-order valence-electron chi connectivity index (χ0n) is 13.9. The van der Waals surface area contributed by atoms with E-state index < -0.39 is 10.0 Å². The van der Waals surface area contributed by atoms with Crippen LogP contribution in [-0.2, 0) is 10.0 Å². The molecule has 2 aromatic heterocycles. The smallest absolute Gasteiger partial charge is 0.231 e. The van der Waals surface area contributed by atoms with Crippen molar-refractivity contribution in [2.75, 3.05) is 0 Å². The minimum absolute atomic E-state index is 0.0141. The molecule has 0 saturated carbocycles. The highest BCUT2D eigenvalue weighted by Gasteiger charge is 2.20. The van der Waals surface area contributed by atoms with E-state index in [9.17, 15) is 8.42 Å². The highest BCUT2D eigenvalue weighted by atomic mass is 35.5. The first-order valence-corrected chi connectivity index (χ1v) is 10.8. The van der Waals surface area contributed by atoms with Gasteiger partial charge in [0, 0.05) is 21.5 Å². The van der Waals surface area contributed by atoms with E-state index in [1.54, 1.807) is 46.4 Å². The van der Waals surface area contributed by atoms with E-state index in [4.69, 9.17) is 16.7 Å². The van der Waals surface area contributed by atoms with Crippen molar-refractivity contribution in [3.05, 3.63) is 76.4 Å². The second kappa shape index (κ2) is 6.94. The van der Waals surface area contributed by atoms with E-state index in [2.05, 4.69) is 5.10 Å². The number of benzene rings is 2. The van der Waals surface area contributed by atoms with Crippen LogP contribution in [0.4, 0.5) is 0 Å². The van der Waals surface area contributed by atoms with E-state index in [-0.39, 0.29) is 4.90 Å². The van der Waals surface area contributed by atoms with Crippen molar-refractivity contribution in [1.82, 2.24) is 9.78 Å². The molecule has 4 rings (SSSR count). The Hall–Kier alpha value is -2.45. The number of hydrogen-bond acceptors (Lipinski definition) is 4. The van der Waals surface area contributed by atoms with Gasteiger partial charge in [-0.3, -0.25) is 0 Å². The van der Waals surface area contributed by atoms with Gasteiger partial charge in [-0.05, 0) is 41.8 Å². The fraction of sp³-hybridized carbons (Fsp3) is 0. The molecule has 0 unspecified atom stereocenters. The van der Waals surface area contributed by atoms with Gasteiger partial charge in [-0.15, -0.1) is 0 Å². The highest BCUT2D eigenvalue weighted by Crippen LogP contribution is 2.32. The molecule has 0 amide bonds. The molecule has 0 radical (unpaired) electrons. The van der Waals surface area contributed by atoms with E-state index in [0.717, 1.165) is 22.5 Å². The SMILES string of the molecule is NS(=O)(=O)c1ccccc1-n1nc(-c2ccsc2)cc1-c1ccc(Cl)cc1. The van der Waals surface area contributed by atoms with Gasteiger partial charge in [-0.2, -0.15) is 16.4 Å². The van der Waals surface area contributed by atoms with Crippen molar-refractivity contribution in [2.24, 2.45) is 5.14 Å². The third kappa shape index (κ3) is 3.54. The zero-order chi connectivity index (χ0) is 19.0. The van der Waals surface area contributed by atoms with Crippen molar-refractivity contribution in [1.29, 1.82) is 0 Å². The van der Waals surface area contributed by atoms with Crippen molar-refractivity contribution < 1.29 is 8.42 Å². The second-order valence-electron chi connectivity index (χ2n) is 5.86. The largest absolute Gasteiger partial charge is 0.240 e. The number of thiophene rings is 1. The number of rotatable bonds is 4. The van der Waals surface area contributed by atoms with Gasteiger partial charge in [0.2, 0.25) is 10.0 Å². The van der Waals surface area contributed by atoms with Crippen LogP contribution in [0.15, 0.2) is 76.3 Å². The first kappa shape index (κ1) is 17.9. The molecule has 0 aliphatic carbocycles. The third-order valence-electron chi connectivity index (χ3n) is 4.07. The highest BCUT2D eigenvalue weighted by molar-refractivity contribution is 7.89. The standard InChI is InChI=1S/C19H14ClN3O2S2/c20-15-7-5-13(6-8-15)18-11-16(14-9-10-26-12-14)22-23(18)17-3-1-2-4-19(17)27(21,24)25/h1-12H,(H2,21,24,25). The maximum absolute atomic E-state index is 12.1. The summed E-state index contributed by atoms with van der Waals surface area (Å²) in [6.45, 7) is 0. The summed E-state index contributed by atoms with van der Waals surface area (Å²) >= 11 is 7.58. The van der Waals surface area contributed by atoms with Crippen molar-refractivity contribution in [3.8, 4) is 28.2 Å². The molecule has 0 spiro atoms. The molecule has 0 bridgehead atoms. The monoisotopic (exact) mass is 415 g/mol. The summed E-state index contributed by atoms with van der Waals surface area (Å²) in [5, 5.41) is 14.7. The van der Waals surface area contributed by atoms with Crippen molar-refractivity contribution in [3.63, 3.8) is 0 Å². The Morgan fingerprint density at radius 3 is 2.41 bits per heavy atom. The van der Waals surface area contributed by atoms with Crippen LogP contribution in [0.25, 0.3) is 28.2 Å². The number of halogens is 1. The number of nitrogens with zero attached hydrogens (tertiary/aromatic N) is 2. The van der Waals surface area contributed by atoms with E-state index >= 15 is 0 Å². The summed E-state index contributed by atoms with van der Waals surface area (Å²) in [6, 6.07) is 17.7. The molecule has 8 heteroatoms. The lowest BCUT2D eigenvalue weighted by Gasteiger charge is -2.11. The summed E-state index contributed by atoms with van der Waals surface area (Å²) in [4.78, 5) is 0.0141. The molecular weight excluding hydrogens is 402 g/mol. The zero-order valence-corrected chi connectivity index (χ0v) is 16.3. The molecular formula is C19H14ClN3O2S2. The topological polar surface area (TPSA) is 78.0 Å². The molecule has 0 saturated heterocycles. The lowest BCUT2D eigenvalue weighted by Crippen LogP contribution is -2.16. The molecule has 136 valence electrons. The Balaban J connectivity index is 1.99. The minimum Gasteiger partial charge on any atom is -0.231 e. The minimum atomic E-state index is -3.91. The van der Waals surface area contributed by atoms with Crippen LogP contribution >= 0.6 is 22.9 Å². The number of hydrogen-bond donors (Lipinski definition) is 1. The number of nitrogens with two attached hydrogens (primary N) is 1. The number of sulfonamides is 1. The van der Waals surface area contributed by atoms with Gasteiger partial charge in [0.15, 0.2) is 0 Å². The average Bonchev–Trinajstić information content (AvgIpc) is 3.31. The Labute approximate surface area is 165 Å². The van der Waals surface area contributed by atoms with Gasteiger partial charge in [0.1, 0.15) is 4.90 Å². The molecule has 5 nitrogen and oxygen atoms in total. The maximum atomic E-state index is 12.1. The predicted octanol–water partition coefficient (Wildman–Crippen LogP) is 4.57. The summed E-state index contributed by atoms with van der Waals surface area (Å²) in [7, 11) is -3.91. The second-order valence-corrected chi connectivity index (χ2v) is 8.60. The van der Waals surface area contributed by atoms with Crippen LogP contribution in [0.1, 0.15) is 0 Å². The fourth-order valence-corrected chi connectivity index (χ4v) is 4.30. The van der Waals surface area contributed by atoms with Crippen LogP contribution in [-0.4, -0.2) is 18.2 Å². The Morgan fingerprint density at radius 2 is 1.74 bits per heavy atom. The molecule has 2 heterocycles. The lowest BCUT2D eigenvalue weighted by molar-refractivity contribution is 0.596. The first-order chi connectivity index (χ1) is 12.9. The fourth-order valence-electron chi connectivity index (χ4n) is 2.82. The first-order valence-electron chi connectivity index (χ1n) is 7.94.